The number of ether oxygens (including phenoxy) is 1. The number of piperidine rings is 1. The molecule has 0 spiro atoms. The zero-order chi connectivity index (χ0) is 20.8. The highest BCUT2D eigenvalue weighted by Crippen LogP contribution is 2.27. The predicted molar refractivity (Wildman–Crippen MR) is 117 cm³/mol. The smallest absolute Gasteiger partial charge is 0.322 e. The number of aromatic nitrogens is 1. The van der Waals surface area contributed by atoms with Crippen LogP contribution in [0.5, 0.6) is 5.75 Å². The number of allylic oxidation sites excluding steroid dienone is 2. The lowest BCUT2D eigenvalue weighted by atomic mass is 9.91. The standard InChI is InChI=1S/C24H29N3O3/c1-18-15-27(24(28)26-22-14-25-30-17-22)11-10-21(18)12-20-8-5-9-23(13-20)29-16-19-6-3-2-4-7-19/h2-3,5,8-9,12-14,17-19H,4,6-7,10-11,15-16H2,1H3,(H,26,28). The average Bonchev–Trinajstić information content (AvgIpc) is 3.28. The molecule has 0 bridgehead atoms. The van der Waals surface area contributed by atoms with Crippen molar-refractivity contribution in [1.82, 2.24) is 10.1 Å². The molecular formula is C24H29N3O3. The highest BCUT2D eigenvalue weighted by molar-refractivity contribution is 5.89. The molecule has 0 saturated carbocycles. The van der Waals surface area contributed by atoms with Gasteiger partial charge in [-0.15, -0.1) is 0 Å². The SMILES string of the molecule is CC1CN(C(=O)Nc2cnoc2)CCC1=Cc1cccc(OCC2CC=CCC2)c1. The van der Waals surface area contributed by atoms with Crippen LogP contribution in [-0.2, 0) is 0 Å². The monoisotopic (exact) mass is 407 g/mol. The molecule has 1 aromatic heterocycles. The van der Waals surface area contributed by atoms with Crippen LogP contribution in [0.2, 0.25) is 0 Å². The molecule has 2 amide bonds. The number of hydrogen-bond acceptors (Lipinski definition) is 4. The van der Waals surface area contributed by atoms with Crippen molar-refractivity contribution in [3.8, 4) is 5.75 Å². The number of benzene rings is 1. The van der Waals surface area contributed by atoms with E-state index >= 15 is 0 Å². The summed E-state index contributed by atoms with van der Waals surface area (Å²) >= 11 is 0. The Bertz CT molecular complexity index is 904. The Morgan fingerprint density at radius 2 is 2.33 bits per heavy atom. The van der Waals surface area contributed by atoms with E-state index in [1.807, 2.05) is 11.0 Å². The van der Waals surface area contributed by atoms with Gasteiger partial charge >= 0.3 is 6.03 Å². The summed E-state index contributed by atoms with van der Waals surface area (Å²) in [5.74, 6) is 1.84. The number of hydrogen-bond donors (Lipinski definition) is 1. The van der Waals surface area contributed by atoms with Gasteiger partial charge in [0.05, 0.1) is 12.8 Å². The maximum atomic E-state index is 12.4. The zero-order valence-electron chi connectivity index (χ0n) is 17.4. The minimum atomic E-state index is -0.114. The third kappa shape index (κ3) is 5.32. The van der Waals surface area contributed by atoms with Crippen LogP contribution < -0.4 is 10.1 Å². The molecule has 2 atom stereocenters. The van der Waals surface area contributed by atoms with E-state index in [1.165, 1.54) is 24.5 Å². The van der Waals surface area contributed by atoms with Crippen molar-refractivity contribution in [1.29, 1.82) is 0 Å². The lowest BCUT2D eigenvalue weighted by Crippen LogP contribution is -2.42. The van der Waals surface area contributed by atoms with Gasteiger partial charge in [-0.3, -0.25) is 0 Å². The van der Waals surface area contributed by atoms with E-state index in [2.05, 4.69) is 53.8 Å². The molecule has 4 rings (SSSR count). The Morgan fingerprint density at radius 1 is 1.40 bits per heavy atom. The number of nitrogens with zero attached hydrogens (tertiary/aromatic N) is 2. The van der Waals surface area contributed by atoms with E-state index in [9.17, 15) is 4.79 Å². The molecule has 158 valence electrons. The van der Waals surface area contributed by atoms with Crippen LogP contribution in [-0.4, -0.2) is 35.8 Å². The molecule has 2 unspecified atom stereocenters. The summed E-state index contributed by atoms with van der Waals surface area (Å²) in [5.41, 5.74) is 3.09. The van der Waals surface area contributed by atoms with Gasteiger partial charge in [-0.25, -0.2) is 4.79 Å². The molecule has 2 aromatic rings. The normalized spacial score (nSPS) is 22.8. The molecule has 0 radical (unpaired) electrons. The maximum Gasteiger partial charge on any atom is 0.322 e. The van der Waals surface area contributed by atoms with Gasteiger partial charge in [0.1, 0.15) is 17.7 Å². The lowest BCUT2D eigenvalue weighted by molar-refractivity contribution is 0.198. The van der Waals surface area contributed by atoms with Gasteiger partial charge in [0.25, 0.3) is 0 Å². The Labute approximate surface area is 177 Å². The molecule has 1 N–H and O–H groups in total. The first-order valence-corrected chi connectivity index (χ1v) is 10.7. The van der Waals surface area contributed by atoms with Crippen LogP contribution in [0.4, 0.5) is 10.5 Å². The van der Waals surface area contributed by atoms with E-state index < -0.39 is 0 Å². The molecular weight excluding hydrogens is 378 g/mol. The minimum Gasteiger partial charge on any atom is -0.493 e. The first-order chi connectivity index (χ1) is 14.7. The molecule has 6 nitrogen and oxygen atoms in total. The molecule has 1 saturated heterocycles. The first-order valence-electron chi connectivity index (χ1n) is 10.7. The maximum absolute atomic E-state index is 12.4. The van der Waals surface area contributed by atoms with Gasteiger partial charge in [-0.05, 0) is 55.2 Å². The summed E-state index contributed by atoms with van der Waals surface area (Å²) in [7, 11) is 0. The number of carbonyl (C=O) groups excluding carboxylic acids is 1. The number of urea groups is 1. The van der Waals surface area contributed by atoms with Gasteiger partial charge in [0, 0.05) is 13.1 Å². The van der Waals surface area contributed by atoms with E-state index in [1.54, 1.807) is 0 Å². The van der Waals surface area contributed by atoms with Crippen molar-refractivity contribution >= 4 is 17.8 Å². The van der Waals surface area contributed by atoms with Crippen LogP contribution in [0.25, 0.3) is 6.08 Å². The minimum absolute atomic E-state index is 0.114. The summed E-state index contributed by atoms with van der Waals surface area (Å²) in [6.45, 7) is 4.33. The van der Waals surface area contributed by atoms with Crippen LogP contribution >= 0.6 is 0 Å². The Balaban J connectivity index is 1.33. The number of nitrogens with one attached hydrogen (secondary N) is 1. The van der Waals surface area contributed by atoms with Gasteiger partial charge < -0.3 is 19.5 Å². The Kier molecular flexibility index (Phi) is 6.52. The van der Waals surface area contributed by atoms with Crippen molar-refractivity contribution in [2.75, 3.05) is 25.0 Å². The molecule has 6 heteroatoms. The second kappa shape index (κ2) is 9.65. The number of amides is 2. The quantitative estimate of drug-likeness (QED) is 0.677. The summed E-state index contributed by atoms with van der Waals surface area (Å²) in [4.78, 5) is 14.3. The number of anilines is 1. The van der Waals surface area contributed by atoms with Crippen LogP contribution in [0, 0.1) is 11.8 Å². The molecule has 2 heterocycles. The van der Waals surface area contributed by atoms with Gasteiger partial charge in [0.2, 0.25) is 0 Å². The lowest BCUT2D eigenvalue weighted by Gasteiger charge is -2.33. The number of rotatable bonds is 5. The Morgan fingerprint density at radius 3 is 3.10 bits per heavy atom. The summed E-state index contributed by atoms with van der Waals surface area (Å²) in [5, 5.41) is 6.43. The highest BCUT2D eigenvalue weighted by atomic mass is 16.5. The summed E-state index contributed by atoms with van der Waals surface area (Å²) in [6.07, 6.45) is 14.0. The van der Waals surface area contributed by atoms with Crippen molar-refractivity contribution in [2.24, 2.45) is 11.8 Å². The fourth-order valence-corrected chi connectivity index (χ4v) is 4.05. The second-order valence-corrected chi connectivity index (χ2v) is 8.19. The van der Waals surface area contributed by atoms with Gasteiger partial charge in [-0.1, -0.05) is 48.0 Å². The fraction of sp³-hybridized carbons (Fsp3) is 0.417. The van der Waals surface area contributed by atoms with E-state index in [0.717, 1.165) is 37.2 Å². The third-order valence-electron chi connectivity index (χ3n) is 5.84. The summed E-state index contributed by atoms with van der Waals surface area (Å²) in [6, 6.07) is 8.19. The zero-order valence-corrected chi connectivity index (χ0v) is 17.4. The number of likely N-dealkylation sites (tertiary alicyclic amines) is 1. The molecule has 1 aliphatic heterocycles. The molecule has 2 aliphatic rings. The van der Waals surface area contributed by atoms with Crippen LogP contribution in [0.15, 0.2) is 59.0 Å². The van der Waals surface area contributed by atoms with E-state index in [-0.39, 0.29) is 6.03 Å². The molecule has 30 heavy (non-hydrogen) atoms. The molecule has 1 fully saturated rings. The van der Waals surface area contributed by atoms with E-state index in [0.29, 0.717) is 30.6 Å². The number of carbonyl (C=O) groups is 1. The largest absolute Gasteiger partial charge is 0.493 e. The van der Waals surface area contributed by atoms with E-state index in [4.69, 9.17) is 9.26 Å². The molecule has 1 aromatic carbocycles. The summed E-state index contributed by atoms with van der Waals surface area (Å²) < 4.78 is 10.8. The van der Waals surface area contributed by atoms with Crippen molar-refractivity contribution in [3.63, 3.8) is 0 Å². The average molecular weight is 408 g/mol. The fourth-order valence-electron chi connectivity index (χ4n) is 4.05. The van der Waals surface area contributed by atoms with Gasteiger partial charge in [-0.2, -0.15) is 0 Å². The predicted octanol–water partition coefficient (Wildman–Crippen LogP) is 5.37. The second-order valence-electron chi connectivity index (χ2n) is 8.19. The Hall–Kier alpha value is -3.02. The van der Waals surface area contributed by atoms with Crippen molar-refractivity contribution < 1.29 is 14.1 Å². The molecule has 1 aliphatic carbocycles. The van der Waals surface area contributed by atoms with Crippen LogP contribution in [0.3, 0.4) is 0 Å². The topological polar surface area (TPSA) is 67.6 Å². The third-order valence-corrected chi connectivity index (χ3v) is 5.84. The van der Waals surface area contributed by atoms with Gasteiger partial charge in [0.15, 0.2) is 0 Å². The first kappa shape index (κ1) is 20.3. The highest BCUT2D eigenvalue weighted by Gasteiger charge is 2.24. The van der Waals surface area contributed by atoms with Crippen LogP contribution in [0.1, 0.15) is 38.2 Å². The van der Waals surface area contributed by atoms with Crippen molar-refractivity contribution in [2.45, 2.75) is 32.6 Å². The van der Waals surface area contributed by atoms with Crippen molar-refractivity contribution in [3.05, 3.63) is 60.0 Å².